The average molecular weight is 351 g/mol. The third-order valence-electron chi connectivity index (χ3n) is 2.63. The minimum absolute atomic E-state index is 0.133. The van der Waals surface area contributed by atoms with Gasteiger partial charge in [0, 0.05) is 24.2 Å². The number of nitrogen functional groups attached to an aromatic ring is 1. The largest absolute Gasteiger partial charge is 0.398 e. The number of nitrogens with zero attached hydrogens (tertiary/aromatic N) is 1. The molecule has 0 bridgehead atoms. The lowest BCUT2D eigenvalue weighted by atomic mass is 10.3. The van der Waals surface area contributed by atoms with E-state index in [1.165, 1.54) is 10.4 Å². The van der Waals surface area contributed by atoms with E-state index in [1.54, 1.807) is 19.1 Å². The van der Waals surface area contributed by atoms with Gasteiger partial charge >= 0.3 is 0 Å². The Hall–Kier alpha value is -0.630. The normalized spacial score (nSPS) is 12.0. The van der Waals surface area contributed by atoms with Crippen LogP contribution < -0.4 is 5.73 Å². The Bertz CT molecular complexity index is 520. The molecule has 0 saturated carbocycles. The molecule has 0 unspecified atom stereocenters. The highest BCUT2D eigenvalue weighted by Gasteiger charge is 2.24. The van der Waals surface area contributed by atoms with Gasteiger partial charge in [0.2, 0.25) is 10.0 Å². The summed E-state index contributed by atoms with van der Waals surface area (Å²) in [5.74, 6) is 0. The number of nitrogens with two attached hydrogens (primary N) is 1. The minimum atomic E-state index is -3.57. The first-order valence-electron chi connectivity index (χ1n) is 6.06. The molecule has 0 heterocycles. The molecule has 0 aliphatic heterocycles. The van der Waals surface area contributed by atoms with E-state index in [4.69, 9.17) is 10.5 Å². The molecule has 108 valence electrons. The summed E-state index contributed by atoms with van der Waals surface area (Å²) < 4.78 is 32.2. The maximum absolute atomic E-state index is 12.5. The summed E-state index contributed by atoms with van der Waals surface area (Å²) >= 11 is 3.26. The summed E-state index contributed by atoms with van der Waals surface area (Å²) in [5, 5.41) is 0. The maximum atomic E-state index is 12.5. The third-order valence-corrected chi connectivity index (χ3v) is 5.17. The maximum Gasteiger partial charge on any atom is 0.245 e. The lowest BCUT2D eigenvalue weighted by Crippen LogP contribution is -2.34. The second-order valence-corrected chi connectivity index (χ2v) is 6.70. The zero-order valence-corrected chi connectivity index (χ0v) is 13.5. The Morgan fingerprint density at radius 3 is 2.58 bits per heavy atom. The molecule has 0 atom stereocenters. The average Bonchev–Trinajstić information content (AvgIpc) is 2.33. The Labute approximate surface area is 122 Å². The lowest BCUT2D eigenvalue weighted by Gasteiger charge is -2.21. The van der Waals surface area contributed by atoms with Gasteiger partial charge < -0.3 is 10.5 Å². The van der Waals surface area contributed by atoms with Crippen LogP contribution in [-0.4, -0.2) is 39.0 Å². The number of hydrogen-bond donors (Lipinski definition) is 1. The molecule has 7 heteroatoms. The van der Waals surface area contributed by atoms with Crippen LogP contribution in [0.4, 0.5) is 5.69 Å². The molecule has 0 radical (unpaired) electrons. The molecule has 1 rings (SSSR count). The number of halogens is 1. The van der Waals surface area contributed by atoms with E-state index in [0.717, 1.165) is 4.47 Å². The van der Waals surface area contributed by atoms with Crippen LogP contribution >= 0.6 is 15.9 Å². The number of hydrogen-bond acceptors (Lipinski definition) is 4. The molecule has 5 nitrogen and oxygen atoms in total. The van der Waals surface area contributed by atoms with E-state index in [9.17, 15) is 8.42 Å². The second kappa shape index (κ2) is 7.23. The Morgan fingerprint density at radius 2 is 2.05 bits per heavy atom. The molecular weight excluding hydrogens is 332 g/mol. The quantitative estimate of drug-likeness (QED) is 0.603. The van der Waals surface area contributed by atoms with Crippen molar-refractivity contribution < 1.29 is 13.2 Å². The van der Waals surface area contributed by atoms with E-state index in [-0.39, 0.29) is 10.6 Å². The summed E-state index contributed by atoms with van der Waals surface area (Å²) in [6.07, 6.45) is 0. The monoisotopic (exact) mass is 350 g/mol. The summed E-state index contributed by atoms with van der Waals surface area (Å²) in [4.78, 5) is 0.133. The summed E-state index contributed by atoms with van der Waals surface area (Å²) in [6.45, 7) is 5.31. The van der Waals surface area contributed by atoms with Gasteiger partial charge in [0.1, 0.15) is 4.90 Å². The van der Waals surface area contributed by atoms with Gasteiger partial charge in [-0.2, -0.15) is 4.31 Å². The van der Waals surface area contributed by atoms with Gasteiger partial charge in [0.25, 0.3) is 0 Å². The highest BCUT2D eigenvalue weighted by atomic mass is 79.9. The number of likely N-dealkylation sites (N-methyl/N-ethyl adjacent to an activating group) is 1. The first kappa shape index (κ1) is 16.4. The van der Waals surface area contributed by atoms with Crippen molar-refractivity contribution in [3.63, 3.8) is 0 Å². The van der Waals surface area contributed by atoms with Crippen LogP contribution in [0.2, 0.25) is 0 Å². The van der Waals surface area contributed by atoms with Crippen molar-refractivity contribution in [1.29, 1.82) is 0 Å². The van der Waals surface area contributed by atoms with E-state index in [0.29, 0.717) is 26.3 Å². The summed E-state index contributed by atoms with van der Waals surface area (Å²) in [7, 11) is -3.57. The van der Waals surface area contributed by atoms with Gasteiger partial charge in [0.05, 0.1) is 12.3 Å². The van der Waals surface area contributed by atoms with Gasteiger partial charge in [-0.1, -0.05) is 22.9 Å². The van der Waals surface area contributed by atoms with Crippen LogP contribution in [0.25, 0.3) is 0 Å². The van der Waals surface area contributed by atoms with Gasteiger partial charge in [-0.3, -0.25) is 0 Å². The topological polar surface area (TPSA) is 72.6 Å². The van der Waals surface area contributed by atoms with Crippen molar-refractivity contribution >= 4 is 31.6 Å². The molecule has 0 spiro atoms. The fourth-order valence-electron chi connectivity index (χ4n) is 1.65. The molecule has 0 aromatic heterocycles. The zero-order chi connectivity index (χ0) is 14.5. The second-order valence-electron chi connectivity index (χ2n) is 3.88. The highest BCUT2D eigenvalue weighted by Crippen LogP contribution is 2.25. The first-order valence-corrected chi connectivity index (χ1v) is 8.29. The number of anilines is 1. The Kier molecular flexibility index (Phi) is 6.25. The van der Waals surface area contributed by atoms with Crippen LogP contribution in [0.5, 0.6) is 0 Å². The lowest BCUT2D eigenvalue weighted by molar-refractivity contribution is 0.135. The number of benzene rings is 1. The van der Waals surface area contributed by atoms with Crippen LogP contribution in [0.15, 0.2) is 27.6 Å². The predicted molar refractivity (Wildman–Crippen MR) is 79.5 cm³/mol. The first-order chi connectivity index (χ1) is 8.93. The molecule has 0 aliphatic carbocycles. The molecule has 1 aromatic rings. The number of rotatable bonds is 7. The van der Waals surface area contributed by atoms with Gasteiger partial charge in [-0.25, -0.2) is 8.42 Å². The zero-order valence-electron chi connectivity index (χ0n) is 11.1. The molecule has 0 saturated heterocycles. The van der Waals surface area contributed by atoms with Crippen molar-refractivity contribution in [2.45, 2.75) is 18.7 Å². The van der Waals surface area contributed by atoms with Gasteiger partial charge in [0.15, 0.2) is 0 Å². The number of sulfonamides is 1. The fourth-order valence-corrected chi connectivity index (χ4v) is 3.56. The van der Waals surface area contributed by atoms with Crippen molar-refractivity contribution in [2.24, 2.45) is 0 Å². The predicted octanol–water partition coefficient (Wildman–Crippen LogP) is 2.08. The Balaban J connectivity index is 2.99. The molecule has 0 amide bonds. The third kappa shape index (κ3) is 4.17. The summed E-state index contributed by atoms with van der Waals surface area (Å²) in [5.41, 5.74) is 6.03. The van der Waals surface area contributed by atoms with Crippen molar-refractivity contribution in [3.8, 4) is 0 Å². The van der Waals surface area contributed by atoms with Crippen LogP contribution in [0.3, 0.4) is 0 Å². The fraction of sp³-hybridized carbons (Fsp3) is 0.500. The minimum Gasteiger partial charge on any atom is -0.398 e. The van der Waals surface area contributed by atoms with Crippen LogP contribution in [0.1, 0.15) is 13.8 Å². The van der Waals surface area contributed by atoms with Gasteiger partial charge in [-0.05, 0) is 25.1 Å². The molecule has 1 aromatic carbocycles. The molecule has 19 heavy (non-hydrogen) atoms. The van der Waals surface area contributed by atoms with E-state index < -0.39 is 10.0 Å². The van der Waals surface area contributed by atoms with Crippen molar-refractivity contribution in [1.82, 2.24) is 4.31 Å². The SMILES string of the molecule is CCOCCN(CC)S(=O)(=O)c1ccc(Br)cc1N. The summed E-state index contributed by atoms with van der Waals surface area (Å²) in [6, 6.07) is 4.76. The van der Waals surface area contributed by atoms with E-state index in [2.05, 4.69) is 15.9 Å². The van der Waals surface area contributed by atoms with Crippen molar-refractivity contribution in [2.75, 3.05) is 32.0 Å². The molecular formula is C12H19BrN2O3S. The smallest absolute Gasteiger partial charge is 0.245 e. The van der Waals surface area contributed by atoms with Crippen LogP contribution in [-0.2, 0) is 14.8 Å². The van der Waals surface area contributed by atoms with E-state index in [1.807, 2.05) is 6.92 Å². The standard InChI is InChI=1S/C12H19BrN2O3S/c1-3-15(7-8-18-4-2)19(16,17)12-6-5-10(13)9-11(12)14/h5-6,9H,3-4,7-8,14H2,1-2H3. The van der Waals surface area contributed by atoms with Crippen molar-refractivity contribution in [3.05, 3.63) is 22.7 Å². The molecule has 0 fully saturated rings. The van der Waals surface area contributed by atoms with E-state index >= 15 is 0 Å². The highest BCUT2D eigenvalue weighted by molar-refractivity contribution is 9.10. The van der Waals surface area contributed by atoms with Crippen LogP contribution in [0, 0.1) is 0 Å². The molecule has 0 aliphatic rings. The molecule has 2 N–H and O–H groups in total. The Morgan fingerprint density at radius 1 is 1.37 bits per heavy atom. The number of ether oxygens (including phenoxy) is 1. The van der Waals surface area contributed by atoms with Gasteiger partial charge in [-0.15, -0.1) is 0 Å².